The number of carbonyl (C=O) groups excluding carboxylic acids is 1. The van der Waals surface area contributed by atoms with E-state index in [2.05, 4.69) is 0 Å². The number of rotatable bonds is 3. The van der Waals surface area contributed by atoms with E-state index in [1.54, 1.807) is 0 Å². The lowest BCUT2D eigenvalue weighted by Gasteiger charge is -2.21. The Morgan fingerprint density at radius 1 is 0.952 bits per heavy atom. The van der Waals surface area contributed by atoms with Crippen LogP contribution in [0.3, 0.4) is 0 Å². The smallest absolute Gasteiger partial charge is 0.273 e. The monoisotopic (exact) mass is 335 g/mol. The molecule has 1 aromatic carbocycles. The van der Waals surface area contributed by atoms with E-state index < -0.39 is 39.1 Å². The van der Waals surface area contributed by atoms with Crippen LogP contribution in [0, 0.1) is 5.92 Å². The Morgan fingerprint density at radius 3 is 1.76 bits per heavy atom. The molecule has 0 bridgehead atoms. The quantitative estimate of drug-likeness (QED) is 0.862. The molecule has 4 nitrogen and oxygen atoms in total. The predicted octanol–water partition coefficient (Wildman–Crippen LogP) is 2.23. The summed E-state index contributed by atoms with van der Waals surface area (Å²) in [4.78, 5) is 10.5. The summed E-state index contributed by atoms with van der Waals surface area (Å²) in [5, 5.41) is 0. The van der Waals surface area contributed by atoms with Gasteiger partial charge in [0.1, 0.15) is 0 Å². The van der Waals surface area contributed by atoms with Gasteiger partial charge in [-0.15, -0.1) is 0 Å². The van der Waals surface area contributed by atoms with Crippen LogP contribution in [0.1, 0.15) is 0 Å². The van der Waals surface area contributed by atoms with Crippen LogP contribution in [0.5, 0.6) is 0 Å². The van der Waals surface area contributed by atoms with Gasteiger partial charge in [-0.2, -0.15) is 26.3 Å². The Kier molecular flexibility index (Phi) is 4.56. The van der Waals surface area contributed by atoms with Gasteiger partial charge < -0.3 is 0 Å². The van der Waals surface area contributed by atoms with Gasteiger partial charge in [0.15, 0.2) is 0 Å². The first-order valence-corrected chi connectivity index (χ1v) is 6.59. The summed E-state index contributed by atoms with van der Waals surface area (Å²) in [6.07, 6.45) is -11.9. The third-order valence-corrected chi connectivity index (χ3v) is 3.57. The maximum absolute atomic E-state index is 12.3. The van der Waals surface area contributed by atoms with E-state index in [0.29, 0.717) is 0 Å². The molecule has 0 fully saturated rings. The van der Waals surface area contributed by atoms with Crippen LogP contribution in [0.25, 0.3) is 0 Å². The second kappa shape index (κ2) is 5.54. The topological polar surface area (TPSA) is 63.2 Å². The summed E-state index contributed by atoms with van der Waals surface area (Å²) in [7, 11) is -4.82. The van der Waals surface area contributed by atoms with Crippen LogP contribution in [-0.2, 0) is 14.8 Å². The molecule has 0 radical (unpaired) electrons. The van der Waals surface area contributed by atoms with Crippen LogP contribution in [0.15, 0.2) is 35.2 Å². The minimum absolute atomic E-state index is 0.638. The van der Waals surface area contributed by atoms with Gasteiger partial charge in [-0.3, -0.25) is 4.79 Å². The second-order valence-corrected chi connectivity index (χ2v) is 5.48. The van der Waals surface area contributed by atoms with Gasteiger partial charge >= 0.3 is 12.4 Å². The Balaban J connectivity index is 3.09. The number of halogens is 6. The average molecular weight is 335 g/mol. The van der Waals surface area contributed by atoms with Crippen molar-refractivity contribution in [1.29, 1.82) is 0 Å². The van der Waals surface area contributed by atoms with Crippen molar-refractivity contribution in [3.05, 3.63) is 30.3 Å². The van der Waals surface area contributed by atoms with Gasteiger partial charge in [0.2, 0.25) is 5.92 Å². The van der Waals surface area contributed by atoms with Gasteiger partial charge in [0, 0.05) is 0 Å². The van der Waals surface area contributed by atoms with Crippen molar-refractivity contribution in [2.24, 2.45) is 5.92 Å². The molecule has 0 spiro atoms. The zero-order chi connectivity index (χ0) is 16.5. The van der Waals surface area contributed by atoms with E-state index in [-0.39, 0.29) is 0 Å². The Bertz CT molecular complexity index is 594. The minimum Gasteiger partial charge on any atom is -0.273 e. The van der Waals surface area contributed by atoms with E-state index in [0.717, 1.165) is 16.9 Å². The van der Waals surface area contributed by atoms with Gasteiger partial charge in [-0.1, -0.05) is 18.2 Å². The lowest BCUT2D eigenvalue weighted by Crippen LogP contribution is -2.49. The Labute approximate surface area is 114 Å². The van der Waals surface area contributed by atoms with Crippen LogP contribution < -0.4 is 4.72 Å². The lowest BCUT2D eigenvalue weighted by molar-refractivity contribution is -0.273. The number of alkyl halides is 6. The molecular formula is C10H7F6NO3S. The second-order valence-electron chi connectivity index (χ2n) is 3.80. The summed E-state index contributed by atoms with van der Waals surface area (Å²) < 4.78 is 97.5. The fourth-order valence-corrected chi connectivity index (χ4v) is 2.35. The van der Waals surface area contributed by atoms with E-state index in [9.17, 15) is 39.6 Å². The first-order valence-electron chi connectivity index (χ1n) is 5.11. The van der Waals surface area contributed by atoms with Gasteiger partial charge in [0.25, 0.3) is 15.9 Å². The zero-order valence-electron chi connectivity index (χ0n) is 9.86. The molecule has 0 aliphatic carbocycles. The summed E-state index contributed by atoms with van der Waals surface area (Å²) in [5.41, 5.74) is 0. The first kappa shape index (κ1) is 17.3. The van der Waals surface area contributed by atoms with Crippen LogP contribution in [-0.4, -0.2) is 26.7 Å². The molecule has 1 amide bonds. The molecule has 0 heterocycles. The van der Waals surface area contributed by atoms with Crippen LogP contribution >= 0.6 is 0 Å². The van der Waals surface area contributed by atoms with Crippen molar-refractivity contribution in [1.82, 2.24) is 4.72 Å². The maximum atomic E-state index is 12.3. The number of benzene rings is 1. The van der Waals surface area contributed by atoms with Crippen LogP contribution in [0.2, 0.25) is 0 Å². The molecule has 0 aliphatic rings. The first-order chi connectivity index (χ1) is 9.36. The number of amides is 1. The SMILES string of the molecule is O=C(NS(=O)(=O)c1ccccc1)C(C(F)(F)F)C(F)(F)F. The molecule has 0 unspecified atom stereocenters. The molecule has 118 valence electrons. The average Bonchev–Trinajstić information content (AvgIpc) is 2.25. The molecule has 1 aromatic rings. The lowest BCUT2D eigenvalue weighted by atomic mass is 10.1. The molecule has 0 aliphatic heterocycles. The molecule has 0 saturated heterocycles. The molecule has 1 rings (SSSR count). The van der Waals surface area contributed by atoms with Crippen molar-refractivity contribution in [2.75, 3.05) is 0 Å². The fourth-order valence-electron chi connectivity index (χ4n) is 1.33. The largest absolute Gasteiger partial charge is 0.409 e. The highest BCUT2D eigenvalue weighted by Gasteiger charge is 2.61. The number of sulfonamides is 1. The molecule has 21 heavy (non-hydrogen) atoms. The zero-order valence-corrected chi connectivity index (χ0v) is 10.7. The highest BCUT2D eigenvalue weighted by molar-refractivity contribution is 7.90. The third-order valence-electron chi connectivity index (χ3n) is 2.21. The molecule has 0 aromatic heterocycles. The normalized spacial score (nSPS) is 13.3. The summed E-state index contributed by atoms with van der Waals surface area (Å²) in [6, 6.07) is 5.56. The molecule has 1 N–H and O–H groups in total. The van der Waals surface area contributed by atoms with Crippen molar-refractivity contribution < 1.29 is 39.6 Å². The maximum Gasteiger partial charge on any atom is 0.409 e. The molecule has 0 saturated carbocycles. The predicted molar refractivity (Wildman–Crippen MR) is 57.4 cm³/mol. The standard InChI is InChI=1S/C10H7F6NO3S/c11-9(12,13)7(10(14,15)16)8(18)17-21(19,20)6-4-2-1-3-5-6/h1-5,7H,(H,17,18). The number of hydrogen-bond donors (Lipinski definition) is 1. The van der Waals surface area contributed by atoms with Crippen molar-refractivity contribution >= 4 is 15.9 Å². The molecule has 11 heteroatoms. The van der Waals surface area contributed by atoms with Crippen molar-refractivity contribution in [3.63, 3.8) is 0 Å². The van der Waals surface area contributed by atoms with Gasteiger partial charge in [-0.25, -0.2) is 13.1 Å². The molecular weight excluding hydrogens is 328 g/mol. The van der Waals surface area contributed by atoms with E-state index in [4.69, 9.17) is 0 Å². The van der Waals surface area contributed by atoms with Crippen LogP contribution in [0.4, 0.5) is 26.3 Å². The Morgan fingerprint density at radius 2 is 1.38 bits per heavy atom. The Hall–Kier alpha value is -1.78. The number of nitrogens with one attached hydrogen (secondary N) is 1. The number of hydrogen-bond acceptors (Lipinski definition) is 3. The van der Waals surface area contributed by atoms with Gasteiger partial charge in [-0.05, 0) is 12.1 Å². The minimum atomic E-state index is -5.96. The third kappa shape index (κ3) is 4.34. The van der Waals surface area contributed by atoms with Crippen molar-refractivity contribution in [3.8, 4) is 0 Å². The summed E-state index contributed by atoms with van der Waals surface area (Å²) in [5.74, 6) is -7.14. The summed E-state index contributed by atoms with van der Waals surface area (Å²) in [6.45, 7) is 0. The fraction of sp³-hybridized carbons (Fsp3) is 0.300. The molecule has 0 atom stereocenters. The van der Waals surface area contributed by atoms with Gasteiger partial charge in [0.05, 0.1) is 4.90 Å². The highest BCUT2D eigenvalue weighted by Crippen LogP contribution is 2.39. The number of carbonyl (C=O) groups is 1. The van der Waals surface area contributed by atoms with E-state index >= 15 is 0 Å². The highest BCUT2D eigenvalue weighted by atomic mass is 32.2. The van der Waals surface area contributed by atoms with E-state index in [1.165, 1.54) is 18.2 Å². The van der Waals surface area contributed by atoms with Crippen molar-refractivity contribution in [2.45, 2.75) is 17.2 Å². The summed E-state index contributed by atoms with van der Waals surface area (Å²) >= 11 is 0. The van der Waals surface area contributed by atoms with E-state index in [1.807, 2.05) is 0 Å².